The van der Waals surface area contributed by atoms with Gasteiger partial charge in [0.15, 0.2) is 11.6 Å². The number of nitrogens with zero attached hydrogens (tertiary/aromatic N) is 4. The van der Waals surface area contributed by atoms with Crippen molar-refractivity contribution in [1.29, 1.82) is 0 Å². The molecule has 0 atom stereocenters. The minimum atomic E-state index is -0.0193. The van der Waals surface area contributed by atoms with Crippen LogP contribution in [-0.2, 0) is 0 Å². The number of pyridine rings is 1. The van der Waals surface area contributed by atoms with E-state index >= 15 is 0 Å². The smallest absolute Gasteiger partial charge is 0.163 e. The van der Waals surface area contributed by atoms with Gasteiger partial charge in [0.2, 0.25) is 0 Å². The van der Waals surface area contributed by atoms with Crippen LogP contribution in [0.25, 0.3) is 22.3 Å². The molecule has 4 rings (SSSR count). The minimum Gasteiger partial charge on any atom is -0.508 e. The summed E-state index contributed by atoms with van der Waals surface area (Å²) >= 11 is 0. The molecule has 3 N–H and O–H groups in total. The molecule has 0 radical (unpaired) electrons. The van der Waals surface area contributed by atoms with Gasteiger partial charge in [-0.25, -0.2) is 9.97 Å². The largest absolute Gasteiger partial charge is 0.508 e. The van der Waals surface area contributed by atoms with E-state index in [2.05, 4.69) is 25.5 Å². The number of phenolic OH excluding ortho intramolecular Hbond substituents is 2. The fraction of sp³-hybridized carbons (Fsp3) is 0.0476. The van der Waals surface area contributed by atoms with Crippen molar-refractivity contribution < 1.29 is 10.2 Å². The molecule has 0 aliphatic carbocycles. The number of benzene rings is 2. The Kier molecular flexibility index (Phi) is 4.55. The monoisotopic (exact) mass is 371 g/mol. The van der Waals surface area contributed by atoms with Crippen LogP contribution < -0.4 is 5.43 Å². The summed E-state index contributed by atoms with van der Waals surface area (Å²) in [6, 6.07) is 14.4. The standard InChI is InChI=1S/C21H17N5O2/c1-13-18(27)9-8-14(19(13)28)12-23-26-21-16-6-2-3-7-17(16)24-20(25-21)15-5-4-10-22-11-15/h2-12,27-28H,1H3,(H,24,25,26)/b23-12-. The van der Waals surface area contributed by atoms with Crippen LogP contribution in [0.1, 0.15) is 11.1 Å². The molecule has 28 heavy (non-hydrogen) atoms. The SMILES string of the molecule is Cc1c(O)ccc(/C=N\Nc2nc(-c3cccnc3)nc3ccccc23)c1O. The Balaban J connectivity index is 1.71. The van der Waals surface area contributed by atoms with Crippen molar-refractivity contribution >= 4 is 22.9 Å². The normalized spacial score (nSPS) is 11.2. The summed E-state index contributed by atoms with van der Waals surface area (Å²) < 4.78 is 0. The maximum Gasteiger partial charge on any atom is 0.163 e. The van der Waals surface area contributed by atoms with Crippen molar-refractivity contribution in [3.63, 3.8) is 0 Å². The van der Waals surface area contributed by atoms with Crippen LogP contribution in [-0.4, -0.2) is 31.4 Å². The van der Waals surface area contributed by atoms with Crippen LogP contribution in [0.4, 0.5) is 5.82 Å². The summed E-state index contributed by atoms with van der Waals surface area (Å²) in [4.78, 5) is 13.3. The average molecular weight is 371 g/mol. The fourth-order valence-electron chi connectivity index (χ4n) is 2.76. The van der Waals surface area contributed by atoms with Gasteiger partial charge >= 0.3 is 0 Å². The Morgan fingerprint density at radius 1 is 1.00 bits per heavy atom. The Morgan fingerprint density at radius 3 is 2.68 bits per heavy atom. The van der Waals surface area contributed by atoms with E-state index in [-0.39, 0.29) is 11.5 Å². The highest BCUT2D eigenvalue weighted by molar-refractivity contribution is 5.91. The second-order valence-corrected chi connectivity index (χ2v) is 6.17. The van der Waals surface area contributed by atoms with Crippen LogP contribution in [0.15, 0.2) is 66.0 Å². The molecule has 0 fully saturated rings. The van der Waals surface area contributed by atoms with Gasteiger partial charge in [-0.1, -0.05) is 12.1 Å². The lowest BCUT2D eigenvalue weighted by Gasteiger charge is -2.08. The molecule has 0 saturated heterocycles. The first kappa shape index (κ1) is 17.4. The fourth-order valence-corrected chi connectivity index (χ4v) is 2.76. The Bertz CT molecular complexity index is 1180. The first-order valence-corrected chi connectivity index (χ1v) is 8.61. The summed E-state index contributed by atoms with van der Waals surface area (Å²) in [6.45, 7) is 1.63. The maximum absolute atomic E-state index is 10.1. The number of aromatic nitrogens is 3. The van der Waals surface area contributed by atoms with Gasteiger partial charge in [-0.3, -0.25) is 10.4 Å². The van der Waals surface area contributed by atoms with Crippen molar-refractivity contribution in [2.75, 3.05) is 5.43 Å². The Hall–Kier alpha value is -4.00. The van der Waals surface area contributed by atoms with E-state index in [0.717, 1.165) is 16.5 Å². The van der Waals surface area contributed by atoms with E-state index in [1.165, 1.54) is 12.3 Å². The number of anilines is 1. The molecule has 2 aromatic heterocycles. The highest BCUT2D eigenvalue weighted by atomic mass is 16.3. The Morgan fingerprint density at radius 2 is 1.86 bits per heavy atom. The quantitative estimate of drug-likeness (QED) is 0.372. The van der Waals surface area contributed by atoms with Crippen molar-refractivity contribution in [2.24, 2.45) is 5.10 Å². The predicted octanol–water partition coefficient (Wildman–Crippen LogP) is 3.86. The molecule has 0 spiro atoms. The highest BCUT2D eigenvalue weighted by Crippen LogP contribution is 2.28. The van der Waals surface area contributed by atoms with E-state index < -0.39 is 0 Å². The third-order valence-electron chi connectivity index (χ3n) is 4.33. The van der Waals surface area contributed by atoms with Gasteiger partial charge in [0.1, 0.15) is 11.5 Å². The van der Waals surface area contributed by atoms with E-state index in [0.29, 0.717) is 22.8 Å². The molecular weight excluding hydrogens is 354 g/mol. The predicted molar refractivity (Wildman–Crippen MR) is 108 cm³/mol. The van der Waals surface area contributed by atoms with Gasteiger partial charge < -0.3 is 10.2 Å². The molecule has 2 aromatic carbocycles. The summed E-state index contributed by atoms with van der Waals surface area (Å²) in [7, 11) is 0. The van der Waals surface area contributed by atoms with E-state index in [4.69, 9.17) is 0 Å². The molecule has 7 nitrogen and oxygen atoms in total. The molecule has 0 aliphatic heterocycles. The van der Waals surface area contributed by atoms with Gasteiger partial charge in [0.05, 0.1) is 11.7 Å². The summed E-state index contributed by atoms with van der Waals surface area (Å²) in [6.07, 6.45) is 4.87. The van der Waals surface area contributed by atoms with Crippen molar-refractivity contribution in [3.8, 4) is 22.9 Å². The maximum atomic E-state index is 10.1. The number of para-hydroxylation sites is 1. The summed E-state index contributed by atoms with van der Waals surface area (Å²) in [5.74, 6) is 1.09. The van der Waals surface area contributed by atoms with Crippen molar-refractivity contribution in [2.45, 2.75) is 6.92 Å². The molecule has 0 unspecified atom stereocenters. The second kappa shape index (κ2) is 7.32. The zero-order chi connectivity index (χ0) is 19.5. The molecule has 0 bridgehead atoms. The average Bonchev–Trinajstić information content (AvgIpc) is 2.74. The molecule has 0 amide bonds. The van der Waals surface area contributed by atoms with Crippen LogP contribution in [0.2, 0.25) is 0 Å². The van der Waals surface area contributed by atoms with E-state index in [1.54, 1.807) is 25.4 Å². The number of rotatable bonds is 4. The topological polar surface area (TPSA) is 104 Å². The Labute approximate surface area is 161 Å². The summed E-state index contributed by atoms with van der Waals surface area (Å²) in [5.41, 5.74) is 5.38. The van der Waals surface area contributed by atoms with Gasteiger partial charge in [0, 0.05) is 34.5 Å². The van der Waals surface area contributed by atoms with Crippen LogP contribution >= 0.6 is 0 Å². The molecule has 0 aliphatic rings. The first-order chi connectivity index (χ1) is 13.6. The lowest BCUT2D eigenvalue weighted by molar-refractivity contribution is 0.442. The highest BCUT2D eigenvalue weighted by Gasteiger charge is 2.09. The third-order valence-corrected chi connectivity index (χ3v) is 4.33. The van der Waals surface area contributed by atoms with Gasteiger partial charge in [-0.15, -0.1) is 0 Å². The lowest BCUT2D eigenvalue weighted by Crippen LogP contribution is -1.99. The van der Waals surface area contributed by atoms with E-state index in [1.807, 2.05) is 36.4 Å². The number of hydrogen-bond donors (Lipinski definition) is 3. The first-order valence-electron chi connectivity index (χ1n) is 8.61. The van der Waals surface area contributed by atoms with Crippen LogP contribution in [0.3, 0.4) is 0 Å². The molecular formula is C21H17N5O2. The number of nitrogens with one attached hydrogen (secondary N) is 1. The second-order valence-electron chi connectivity index (χ2n) is 6.17. The van der Waals surface area contributed by atoms with Crippen LogP contribution in [0.5, 0.6) is 11.5 Å². The molecule has 4 aromatic rings. The zero-order valence-electron chi connectivity index (χ0n) is 15.0. The number of hydrazone groups is 1. The minimum absolute atomic E-state index is 0.0193. The third kappa shape index (κ3) is 3.33. The molecule has 0 saturated carbocycles. The van der Waals surface area contributed by atoms with Crippen molar-refractivity contribution in [1.82, 2.24) is 15.0 Å². The van der Waals surface area contributed by atoms with E-state index in [9.17, 15) is 10.2 Å². The van der Waals surface area contributed by atoms with Gasteiger partial charge in [-0.05, 0) is 43.3 Å². The van der Waals surface area contributed by atoms with Gasteiger partial charge in [-0.2, -0.15) is 5.10 Å². The zero-order valence-corrected chi connectivity index (χ0v) is 15.0. The number of aromatic hydroxyl groups is 2. The summed E-state index contributed by atoms with van der Waals surface area (Å²) in [5, 5.41) is 24.8. The lowest BCUT2D eigenvalue weighted by atomic mass is 10.1. The molecule has 2 heterocycles. The van der Waals surface area contributed by atoms with Gasteiger partial charge in [0.25, 0.3) is 0 Å². The van der Waals surface area contributed by atoms with Crippen molar-refractivity contribution in [3.05, 3.63) is 72.1 Å². The molecule has 138 valence electrons. The number of phenols is 2. The van der Waals surface area contributed by atoms with Crippen LogP contribution in [0, 0.1) is 6.92 Å². The number of hydrogen-bond acceptors (Lipinski definition) is 7. The molecule has 7 heteroatoms. The number of fused-ring (bicyclic) bond motifs is 1.